The Hall–Kier alpha value is -3.02. The molecule has 1 saturated carbocycles. The van der Waals surface area contributed by atoms with Crippen molar-refractivity contribution in [1.29, 1.82) is 0 Å². The Balaban J connectivity index is 1.69. The summed E-state index contributed by atoms with van der Waals surface area (Å²) >= 11 is 0. The van der Waals surface area contributed by atoms with Crippen molar-refractivity contribution in [2.75, 3.05) is 0 Å². The first-order chi connectivity index (χ1) is 12.1. The number of para-hydroxylation sites is 1. The van der Waals surface area contributed by atoms with Crippen LogP contribution in [0.4, 0.5) is 0 Å². The van der Waals surface area contributed by atoms with E-state index in [-0.39, 0.29) is 0 Å². The first-order valence-electron chi connectivity index (χ1n) is 8.32. The van der Waals surface area contributed by atoms with E-state index in [9.17, 15) is 9.90 Å². The van der Waals surface area contributed by atoms with Crippen LogP contribution in [0.2, 0.25) is 0 Å². The van der Waals surface area contributed by atoms with Gasteiger partial charge in [-0.15, -0.1) is 5.10 Å². The molecule has 2 heterocycles. The molecule has 1 aliphatic carbocycles. The Morgan fingerprint density at radius 3 is 2.88 bits per heavy atom. The van der Waals surface area contributed by atoms with Crippen LogP contribution >= 0.6 is 0 Å². The quantitative estimate of drug-likeness (QED) is 0.773. The SMILES string of the molecule is Cc1c(/C=C/c2cn(CC3CC3)nn2)nc2ccccc2c1C(=O)O. The molecule has 0 radical (unpaired) electrons. The third-order valence-electron chi connectivity index (χ3n) is 4.50. The van der Waals surface area contributed by atoms with Crippen LogP contribution < -0.4 is 0 Å². The minimum absolute atomic E-state index is 0.294. The first-order valence-corrected chi connectivity index (χ1v) is 8.32. The average Bonchev–Trinajstić information content (AvgIpc) is 3.29. The molecule has 0 atom stereocenters. The van der Waals surface area contributed by atoms with Crippen LogP contribution in [-0.2, 0) is 6.54 Å². The molecule has 4 rings (SSSR count). The van der Waals surface area contributed by atoms with Crippen molar-refractivity contribution in [2.24, 2.45) is 5.92 Å². The van der Waals surface area contributed by atoms with Crippen LogP contribution in [0.1, 0.15) is 40.2 Å². The number of aromatic carboxylic acids is 1. The van der Waals surface area contributed by atoms with Crippen molar-refractivity contribution >= 4 is 29.0 Å². The van der Waals surface area contributed by atoms with E-state index in [2.05, 4.69) is 15.3 Å². The van der Waals surface area contributed by atoms with Crippen LogP contribution in [0.5, 0.6) is 0 Å². The largest absolute Gasteiger partial charge is 0.478 e. The molecule has 1 aromatic carbocycles. The molecule has 0 spiro atoms. The third-order valence-corrected chi connectivity index (χ3v) is 4.50. The molecule has 0 bridgehead atoms. The number of carboxylic acids is 1. The summed E-state index contributed by atoms with van der Waals surface area (Å²) in [5.41, 5.74) is 2.98. The molecule has 3 aromatic rings. The Morgan fingerprint density at radius 2 is 2.12 bits per heavy atom. The highest BCUT2D eigenvalue weighted by Crippen LogP contribution is 2.30. The number of aromatic nitrogens is 4. The fourth-order valence-electron chi connectivity index (χ4n) is 2.97. The Morgan fingerprint density at radius 1 is 1.32 bits per heavy atom. The van der Waals surface area contributed by atoms with Gasteiger partial charge in [0.2, 0.25) is 0 Å². The van der Waals surface area contributed by atoms with E-state index in [0.29, 0.717) is 27.7 Å². The fourth-order valence-corrected chi connectivity index (χ4v) is 2.97. The molecule has 1 aliphatic rings. The molecule has 1 N–H and O–H groups in total. The van der Waals surface area contributed by atoms with Gasteiger partial charge in [0, 0.05) is 11.9 Å². The third kappa shape index (κ3) is 3.15. The van der Waals surface area contributed by atoms with Crippen LogP contribution in [0.15, 0.2) is 30.5 Å². The Labute approximate surface area is 144 Å². The molecule has 0 saturated heterocycles. The van der Waals surface area contributed by atoms with Crippen LogP contribution in [0.25, 0.3) is 23.1 Å². The highest BCUT2D eigenvalue weighted by Gasteiger charge is 2.22. The number of benzene rings is 1. The van der Waals surface area contributed by atoms with Gasteiger partial charge in [0.05, 0.1) is 23.0 Å². The van der Waals surface area contributed by atoms with Crippen molar-refractivity contribution in [1.82, 2.24) is 20.0 Å². The molecule has 2 aromatic heterocycles. The molecule has 126 valence electrons. The Kier molecular flexibility index (Phi) is 3.80. The Bertz CT molecular complexity index is 986. The van der Waals surface area contributed by atoms with Crippen molar-refractivity contribution in [3.05, 3.63) is 53.0 Å². The lowest BCUT2D eigenvalue weighted by Gasteiger charge is -2.09. The highest BCUT2D eigenvalue weighted by molar-refractivity contribution is 6.04. The first kappa shape index (κ1) is 15.5. The molecular formula is C19H18N4O2. The maximum atomic E-state index is 11.7. The van der Waals surface area contributed by atoms with Gasteiger partial charge in [0.25, 0.3) is 0 Å². The van der Waals surface area contributed by atoms with Crippen molar-refractivity contribution < 1.29 is 9.90 Å². The second kappa shape index (κ2) is 6.12. The summed E-state index contributed by atoms with van der Waals surface area (Å²) in [5, 5.41) is 18.5. The average molecular weight is 334 g/mol. The summed E-state index contributed by atoms with van der Waals surface area (Å²) in [6.45, 7) is 2.70. The molecule has 0 amide bonds. The summed E-state index contributed by atoms with van der Waals surface area (Å²) in [4.78, 5) is 16.3. The minimum Gasteiger partial charge on any atom is -0.478 e. The van der Waals surface area contributed by atoms with Gasteiger partial charge in [-0.3, -0.25) is 4.68 Å². The summed E-state index contributed by atoms with van der Waals surface area (Å²) in [5.74, 6) is -0.206. The maximum absolute atomic E-state index is 11.7. The van der Waals surface area contributed by atoms with E-state index in [0.717, 1.165) is 18.2 Å². The van der Waals surface area contributed by atoms with E-state index in [1.54, 1.807) is 19.1 Å². The van der Waals surface area contributed by atoms with Gasteiger partial charge < -0.3 is 5.11 Å². The second-order valence-corrected chi connectivity index (χ2v) is 6.46. The number of carboxylic acid groups (broad SMARTS) is 1. The maximum Gasteiger partial charge on any atom is 0.336 e. The second-order valence-electron chi connectivity index (χ2n) is 6.46. The topological polar surface area (TPSA) is 80.9 Å². The smallest absolute Gasteiger partial charge is 0.336 e. The number of carbonyl (C=O) groups is 1. The van der Waals surface area contributed by atoms with Gasteiger partial charge in [0.1, 0.15) is 5.69 Å². The zero-order valence-electron chi connectivity index (χ0n) is 13.9. The number of rotatable bonds is 5. The number of nitrogens with zero attached hydrogens (tertiary/aromatic N) is 4. The molecule has 0 aliphatic heterocycles. The molecule has 25 heavy (non-hydrogen) atoms. The fraction of sp³-hybridized carbons (Fsp3) is 0.263. The molecule has 6 nitrogen and oxygen atoms in total. The van der Waals surface area contributed by atoms with Gasteiger partial charge in [-0.1, -0.05) is 23.4 Å². The van der Waals surface area contributed by atoms with Gasteiger partial charge in [-0.2, -0.15) is 0 Å². The summed E-state index contributed by atoms with van der Waals surface area (Å²) in [6.07, 6.45) is 8.07. The van der Waals surface area contributed by atoms with E-state index in [1.165, 1.54) is 12.8 Å². The number of hydrogen-bond acceptors (Lipinski definition) is 4. The summed E-state index contributed by atoms with van der Waals surface area (Å²) in [6, 6.07) is 7.29. The van der Waals surface area contributed by atoms with E-state index < -0.39 is 5.97 Å². The van der Waals surface area contributed by atoms with E-state index >= 15 is 0 Å². The molecule has 1 fully saturated rings. The zero-order valence-corrected chi connectivity index (χ0v) is 13.9. The van der Waals surface area contributed by atoms with Gasteiger partial charge >= 0.3 is 5.97 Å². The normalized spacial score (nSPS) is 14.4. The lowest BCUT2D eigenvalue weighted by Crippen LogP contribution is -2.04. The molecular weight excluding hydrogens is 316 g/mol. The molecule has 6 heteroatoms. The predicted octanol–water partition coefficient (Wildman–Crippen LogP) is 3.41. The summed E-state index contributed by atoms with van der Waals surface area (Å²) < 4.78 is 1.86. The highest BCUT2D eigenvalue weighted by atomic mass is 16.4. The van der Waals surface area contributed by atoms with Gasteiger partial charge in [-0.05, 0) is 49.5 Å². The predicted molar refractivity (Wildman–Crippen MR) is 95.1 cm³/mol. The van der Waals surface area contributed by atoms with Crippen LogP contribution in [0.3, 0.4) is 0 Å². The number of hydrogen-bond donors (Lipinski definition) is 1. The van der Waals surface area contributed by atoms with E-state index in [1.807, 2.05) is 35.2 Å². The van der Waals surface area contributed by atoms with Crippen molar-refractivity contribution in [2.45, 2.75) is 26.3 Å². The lowest BCUT2D eigenvalue weighted by atomic mass is 10.0. The van der Waals surface area contributed by atoms with Crippen LogP contribution in [-0.4, -0.2) is 31.1 Å². The van der Waals surface area contributed by atoms with Gasteiger partial charge in [-0.25, -0.2) is 9.78 Å². The van der Waals surface area contributed by atoms with Crippen LogP contribution in [0, 0.1) is 12.8 Å². The zero-order chi connectivity index (χ0) is 17.4. The minimum atomic E-state index is -0.943. The van der Waals surface area contributed by atoms with E-state index in [4.69, 9.17) is 0 Å². The number of pyridine rings is 1. The lowest BCUT2D eigenvalue weighted by molar-refractivity contribution is 0.0698. The summed E-state index contributed by atoms with van der Waals surface area (Å²) in [7, 11) is 0. The standard InChI is InChI=1S/C19H18N4O2/c1-12-16(9-8-14-11-23(22-21-14)10-13-6-7-13)20-17-5-3-2-4-15(17)18(12)19(24)25/h2-5,8-9,11,13H,6-7,10H2,1H3,(H,24,25)/b9-8+. The van der Waals surface area contributed by atoms with Crippen molar-refractivity contribution in [3.63, 3.8) is 0 Å². The molecule has 0 unspecified atom stereocenters. The monoisotopic (exact) mass is 334 g/mol. The van der Waals surface area contributed by atoms with Gasteiger partial charge in [0.15, 0.2) is 0 Å². The van der Waals surface area contributed by atoms with Crippen molar-refractivity contribution in [3.8, 4) is 0 Å². The number of fused-ring (bicyclic) bond motifs is 1.